The molecule has 1 saturated carbocycles. The number of terminal acetylenes is 1. The maximum atomic E-state index is 11.8. The molecule has 0 spiro atoms. The van der Waals surface area contributed by atoms with Crippen LogP contribution in [0.15, 0.2) is 12.2 Å². The minimum Gasteiger partial charge on any atom is -0.481 e. The van der Waals surface area contributed by atoms with E-state index >= 15 is 0 Å². The molecule has 1 fully saturated rings. The molecule has 26 heavy (non-hydrogen) atoms. The van der Waals surface area contributed by atoms with Crippen LogP contribution in [0.25, 0.3) is 0 Å². The van der Waals surface area contributed by atoms with E-state index in [0.717, 1.165) is 25.7 Å². The normalized spacial score (nSPS) is 20.2. The molecule has 0 aromatic rings. The molecule has 4 heteroatoms. The van der Waals surface area contributed by atoms with Crippen LogP contribution in [0.1, 0.15) is 71.1 Å². The molecule has 142 valence electrons. The average molecular weight is 358 g/mol. The minimum atomic E-state index is -1.21. The van der Waals surface area contributed by atoms with Crippen molar-refractivity contribution >= 4 is 11.8 Å². The van der Waals surface area contributed by atoms with E-state index in [1.807, 2.05) is 0 Å². The van der Waals surface area contributed by atoms with E-state index < -0.39 is 17.5 Å². The molecular weight excluding hydrogens is 328 g/mol. The Morgan fingerprint density at radius 3 is 2.77 bits per heavy atom. The fraction of sp³-hybridized carbons (Fsp3) is 0.636. The first kappa shape index (κ1) is 22.0. The zero-order valence-electron chi connectivity index (χ0n) is 15.7. The summed E-state index contributed by atoms with van der Waals surface area (Å²) in [5.41, 5.74) is -1.21. The minimum absolute atomic E-state index is 0.0740. The number of allylic oxidation sites excluding steroid dienone is 1. The monoisotopic (exact) mass is 358 g/mol. The van der Waals surface area contributed by atoms with Gasteiger partial charge in [0.15, 0.2) is 0 Å². The summed E-state index contributed by atoms with van der Waals surface area (Å²) in [5, 5.41) is 19.6. The number of aliphatic hydroxyl groups is 1. The molecule has 2 N–H and O–H groups in total. The van der Waals surface area contributed by atoms with Gasteiger partial charge in [0.2, 0.25) is 0 Å². The number of aliphatic carboxylic acids is 1. The van der Waals surface area contributed by atoms with Gasteiger partial charge < -0.3 is 10.2 Å². The number of Topliss-reactive ketones (excluding diaryl/α,β-unsaturated/α-hetero) is 1. The molecule has 1 rings (SSSR count). The van der Waals surface area contributed by atoms with Crippen molar-refractivity contribution in [2.75, 3.05) is 0 Å². The predicted molar refractivity (Wildman–Crippen MR) is 102 cm³/mol. The molecule has 3 atom stereocenters. The average Bonchev–Trinajstić information content (AvgIpc) is 3.03. The van der Waals surface area contributed by atoms with Gasteiger partial charge in [0.05, 0.1) is 5.92 Å². The van der Waals surface area contributed by atoms with Gasteiger partial charge >= 0.3 is 5.97 Å². The lowest BCUT2D eigenvalue weighted by Gasteiger charge is -2.17. The number of carbonyl (C=O) groups is 2. The van der Waals surface area contributed by atoms with Crippen molar-refractivity contribution in [3.8, 4) is 24.2 Å². The molecule has 0 unspecified atom stereocenters. The number of carboxylic acids is 1. The number of carbonyl (C=O) groups excluding carboxylic acids is 1. The first-order valence-corrected chi connectivity index (χ1v) is 9.52. The second-order valence-corrected chi connectivity index (χ2v) is 6.93. The Morgan fingerprint density at radius 1 is 1.42 bits per heavy atom. The third-order valence-electron chi connectivity index (χ3n) is 4.89. The highest BCUT2D eigenvalue weighted by Gasteiger charge is 2.35. The second kappa shape index (κ2) is 11.6. The summed E-state index contributed by atoms with van der Waals surface area (Å²) in [6, 6.07) is 0. The third kappa shape index (κ3) is 7.46. The van der Waals surface area contributed by atoms with Crippen molar-refractivity contribution in [2.45, 2.75) is 76.7 Å². The van der Waals surface area contributed by atoms with E-state index in [4.69, 9.17) is 6.42 Å². The Hall–Kier alpha value is -2.04. The zero-order valence-corrected chi connectivity index (χ0v) is 15.7. The highest BCUT2D eigenvalue weighted by atomic mass is 16.4. The summed E-state index contributed by atoms with van der Waals surface area (Å²) in [5.74, 6) is 6.53. The van der Waals surface area contributed by atoms with Crippen molar-refractivity contribution in [3.05, 3.63) is 12.2 Å². The predicted octanol–water partition coefficient (Wildman–Crippen LogP) is 3.73. The maximum absolute atomic E-state index is 11.8. The molecule has 0 aliphatic heterocycles. The van der Waals surface area contributed by atoms with E-state index in [9.17, 15) is 19.8 Å². The fourth-order valence-corrected chi connectivity index (χ4v) is 3.31. The van der Waals surface area contributed by atoms with Crippen LogP contribution in [0.5, 0.6) is 0 Å². The molecule has 0 radical (unpaired) electrons. The van der Waals surface area contributed by atoms with Crippen LogP contribution in [0.4, 0.5) is 0 Å². The van der Waals surface area contributed by atoms with Gasteiger partial charge in [-0.05, 0) is 38.2 Å². The van der Waals surface area contributed by atoms with Crippen molar-refractivity contribution in [3.63, 3.8) is 0 Å². The summed E-state index contributed by atoms with van der Waals surface area (Å²) in [7, 11) is 0. The standard InChI is InChI=1S/C22H30O4/c1-3-5-10-16-22(26,4-2)17-11-8-6-7-9-13-19(21(24)25)18-14-12-15-20(18)23/h2,11,17-19,26H,3,5,8-10,12-16H2,1H3,(H,24,25)/t18-,19+,22+/m1/s1. The third-order valence-corrected chi connectivity index (χ3v) is 4.89. The Kier molecular flexibility index (Phi) is 9.78. The molecule has 4 nitrogen and oxygen atoms in total. The first-order chi connectivity index (χ1) is 12.4. The molecule has 0 heterocycles. The summed E-state index contributed by atoms with van der Waals surface area (Å²) < 4.78 is 0. The molecule has 0 aromatic heterocycles. The van der Waals surface area contributed by atoms with E-state index in [1.54, 1.807) is 12.2 Å². The number of unbranched alkanes of at least 4 members (excludes halogenated alkanes) is 2. The Morgan fingerprint density at radius 2 is 2.19 bits per heavy atom. The second-order valence-electron chi connectivity index (χ2n) is 6.93. The number of hydrogen-bond donors (Lipinski definition) is 2. The van der Waals surface area contributed by atoms with Gasteiger partial charge in [0.25, 0.3) is 0 Å². The first-order valence-electron chi connectivity index (χ1n) is 9.52. The molecule has 0 bridgehead atoms. The van der Waals surface area contributed by atoms with Crippen LogP contribution in [-0.4, -0.2) is 27.6 Å². The van der Waals surface area contributed by atoms with Gasteiger partial charge in [0, 0.05) is 25.2 Å². The van der Waals surface area contributed by atoms with Crippen LogP contribution in [0.2, 0.25) is 0 Å². The number of hydrogen-bond acceptors (Lipinski definition) is 3. The van der Waals surface area contributed by atoms with Gasteiger partial charge in [-0.15, -0.1) is 12.3 Å². The van der Waals surface area contributed by atoms with E-state index in [2.05, 4.69) is 24.7 Å². The van der Waals surface area contributed by atoms with E-state index in [1.165, 1.54) is 0 Å². The smallest absolute Gasteiger partial charge is 0.307 e. The topological polar surface area (TPSA) is 74.6 Å². The van der Waals surface area contributed by atoms with Crippen molar-refractivity contribution in [1.82, 2.24) is 0 Å². The number of carboxylic acid groups (broad SMARTS) is 1. The fourth-order valence-electron chi connectivity index (χ4n) is 3.31. The Labute approximate surface area is 157 Å². The zero-order chi connectivity index (χ0) is 19.4. The summed E-state index contributed by atoms with van der Waals surface area (Å²) in [6.07, 6.45) is 15.6. The van der Waals surface area contributed by atoms with Crippen LogP contribution in [0, 0.1) is 36.0 Å². The molecule has 1 aliphatic rings. The van der Waals surface area contributed by atoms with Crippen molar-refractivity contribution in [1.29, 1.82) is 0 Å². The lowest BCUT2D eigenvalue weighted by atomic mass is 9.86. The lowest BCUT2D eigenvalue weighted by molar-refractivity contribution is -0.146. The van der Waals surface area contributed by atoms with Crippen LogP contribution in [0.3, 0.4) is 0 Å². The van der Waals surface area contributed by atoms with Gasteiger partial charge in [-0.1, -0.05) is 37.7 Å². The molecule has 0 saturated heterocycles. The highest BCUT2D eigenvalue weighted by Crippen LogP contribution is 2.31. The van der Waals surface area contributed by atoms with E-state index in [-0.39, 0.29) is 11.7 Å². The number of ketones is 1. The van der Waals surface area contributed by atoms with Gasteiger partial charge in [-0.3, -0.25) is 9.59 Å². The van der Waals surface area contributed by atoms with E-state index in [0.29, 0.717) is 38.5 Å². The Balaban J connectivity index is 2.42. The van der Waals surface area contributed by atoms with Crippen molar-refractivity contribution in [2.24, 2.45) is 11.8 Å². The molecule has 0 amide bonds. The number of rotatable bonds is 10. The van der Waals surface area contributed by atoms with Crippen molar-refractivity contribution < 1.29 is 19.8 Å². The quantitative estimate of drug-likeness (QED) is 0.354. The molecular formula is C22H30O4. The lowest BCUT2D eigenvalue weighted by Crippen LogP contribution is -2.26. The maximum Gasteiger partial charge on any atom is 0.307 e. The Bertz CT molecular complexity index is 602. The van der Waals surface area contributed by atoms with Crippen LogP contribution < -0.4 is 0 Å². The largest absolute Gasteiger partial charge is 0.481 e. The molecule has 1 aliphatic carbocycles. The summed E-state index contributed by atoms with van der Waals surface area (Å²) in [6.45, 7) is 2.10. The van der Waals surface area contributed by atoms with Gasteiger partial charge in [-0.25, -0.2) is 0 Å². The SMILES string of the molecule is C#C[C@@](O)(C=CCC#CCC[C@H](C(=O)O)[C@H]1CCCC1=O)CCCCC. The molecule has 0 aromatic carbocycles. The summed E-state index contributed by atoms with van der Waals surface area (Å²) in [4.78, 5) is 23.2. The van der Waals surface area contributed by atoms with Crippen LogP contribution >= 0.6 is 0 Å². The van der Waals surface area contributed by atoms with Crippen LogP contribution in [-0.2, 0) is 9.59 Å². The van der Waals surface area contributed by atoms with Gasteiger partial charge in [0.1, 0.15) is 11.4 Å². The summed E-state index contributed by atoms with van der Waals surface area (Å²) >= 11 is 0. The van der Waals surface area contributed by atoms with Gasteiger partial charge in [-0.2, -0.15) is 0 Å². The highest BCUT2D eigenvalue weighted by molar-refractivity contribution is 5.87.